The first-order valence-corrected chi connectivity index (χ1v) is 8.27. The Labute approximate surface area is 147 Å². The van der Waals surface area contributed by atoms with E-state index < -0.39 is 0 Å². The molecule has 24 heavy (non-hydrogen) atoms. The van der Waals surface area contributed by atoms with Crippen LogP contribution in [0.5, 0.6) is 5.75 Å². The van der Waals surface area contributed by atoms with E-state index in [1.165, 1.54) is 11.8 Å². The van der Waals surface area contributed by atoms with E-state index >= 15 is 0 Å². The van der Waals surface area contributed by atoms with Gasteiger partial charge >= 0.3 is 0 Å². The van der Waals surface area contributed by atoms with Crippen molar-refractivity contribution in [2.24, 2.45) is 5.10 Å². The van der Waals surface area contributed by atoms with Crippen molar-refractivity contribution >= 4 is 23.7 Å². The number of carbonyl (C=O) groups is 1. The highest BCUT2D eigenvalue weighted by Crippen LogP contribution is 2.21. The molecule has 0 bridgehead atoms. The van der Waals surface area contributed by atoms with E-state index in [-0.39, 0.29) is 12.5 Å². The highest BCUT2D eigenvalue weighted by atomic mass is 35.5. The SMILES string of the molecule is CCC(C)c1ccc(OCC(=O)NN=Cc2ccccc2Cl)cc1. The normalized spacial score (nSPS) is 12.1. The number of nitrogens with zero attached hydrogens (tertiary/aromatic N) is 1. The zero-order chi connectivity index (χ0) is 17.4. The molecule has 0 saturated carbocycles. The van der Waals surface area contributed by atoms with Gasteiger partial charge in [0.15, 0.2) is 6.61 Å². The molecule has 1 unspecified atom stereocenters. The van der Waals surface area contributed by atoms with Crippen LogP contribution in [0.3, 0.4) is 0 Å². The third-order valence-corrected chi connectivity index (χ3v) is 4.07. The Morgan fingerprint density at radius 1 is 1.25 bits per heavy atom. The van der Waals surface area contributed by atoms with Crippen LogP contribution in [0.15, 0.2) is 53.6 Å². The highest BCUT2D eigenvalue weighted by Gasteiger charge is 2.04. The standard InChI is InChI=1S/C19H21ClN2O2/c1-3-14(2)15-8-10-17(11-9-15)24-13-19(23)22-21-12-16-6-4-5-7-18(16)20/h4-12,14H,3,13H2,1-2H3,(H,22,23). The van der Waals surface area contributed by atoms with Gasteiger partial charge in [-0.2, -0.15) is 5.10 Å². The second-order valence-electron chi connectivity index (χ2n) is 5.48. The molecule has 4 nitrogen and oxygen atoms in total. The molecule has 2 aromatic rings. The summed E-state index contributed by atoms with van der Waals surface area (Å²) in [6.45, 7) is 4.24. The van der Waals surface area contributed by atoms with Crippen molar-refractivity contribution in [1.82, 2.24) is 5.43 Å². The number of carbonyl (C=O) groups excluding carboxylic acids is 1. The fourth-order valence-electron chi connectivity index (χ4n) is 2.06. The maximum absolute atomic E-state index is 11.7. The highest BCUT2D eigenvalue weighted by molar-refractivity contribution is 6.33. The molecule has 2 rings (SSSR count). The van der Waals surface area contributed by atoms with Crippen LogP contribution in [0, 0.1) is 0 Å². The maximum atomic E-state index is 11.7. The average molecular weight is 345 g/mol. The van der Waals surface area contributed by atoms with E-state index in [1.54, 1.807) is 6.07 Å². The van der Waals surface area contributed by atoms with E-state index in [0.29, 0.717) is 16.7 Å². The zero-order valence-electron chi connectivity index (χ0n) is 13.8. The summed E-state index contributed by atoms with van der Waals surface area (Å²) < 4.78 is 5.45. The van der Waals surface area contributed by atoms with Crippen molar-refractivity contribution in [3.63, 3.8) is 0 Å². The average Bonchev–Trinajstić information content (AvgIpc) is 2.61. The lowest BCUT2D eigenvalue weighted by atomic mass is 9.99. The molecule has 0 heterocycles. The van der Waals surface area contributed by atoms with Gasteiger partial charge in [0.25, 0.3) is 5.91 Å². The molecule has 0 aliphatic carbocycles. The van der Waals surface area contributed by atoms with Crippen LogP contribution in [0.25, 0.3) is 0 Å². The molecule has 0 spiro atoms. The summed E-state index contributed by atoms with van der Waals surface area (Å²) in [7, 11) is 0. The van der Waals surface area contributed by atoms with E-state index in [2.05, 4.69) is 24.4 Å². The largest absolute Gasteiger partial charge is 0.484 e. The Morgan fingerprint density at radius 2 is 1.96 bits per heavy atom. The smallest absolute Gasteiger partial charge is 0.277 e. The molecule has 1 amide bonds. The number of amides is 1. The van der Waals surface area contributed by atoms with Crippen LogP contribution in [0.2, 0.25) is 5.02 Å². The summed E-state index contributed by atoms with van der Waals surface area (Å²) in [6.07, 6.45) is 2.59. The van der Waals surface area contributed by atoms with Crippen LogP contribution in [0.4, 0.5) is 0 Å². The van der Waals surface area contributed by atoms with Gasteiger partial charge in [-0.3, -0.25) is 4.79 Å². The summed E-state index contributed by atoms with van der Waals surface area (Å²) in [4.78, 5) is 11.7. The quantitative estimate of drug-likeness (QED) is 0.598. The number of halogens is 1. The van der Waals surface area contributed by atoms with Crippen molar-refractivity contribution < 1.29 is 9.53 Å². The number of benzene rings is 2. The predicted octanol–water partition coefficient (Wildman–Crippen LogP) is 4.38. The molecule has 0 radical (unpaired) electrons. The van der Waals surface area contributed by atoms with Crippen molar-refractivity contribution in [1.29, 1.82) is 0 Å². The summed E-state index contributed by atoms with van der Waals surface area (Å²) in [5.41, 5.74) is 4.41. The van der Waals surface area contributed by atoms with Gasteiger partial charge in [0.05, 0.1) is 6.21 Å². The molecule has 5 heteroatoms. The molecule has 0 saturated heterocycles. The second-order valence-corrected chi connectivity index (χ2v) is 5.89. The third kappa shape index (κ3) is 5.39. The summed E-state index contributed by atoms with van der Waals surface area (Å²) in [6, 6.07) is 15.1. The van der Waals surface area contributed by atoms with Crippen LogP contribution in [-0.4, -0.2) is 18.7 Å². The molecule has 0 fully saturated rings. The molecular weight excluding hydrogens is 324 g/mol. The predicted molar refractivity (Wildman–Crippen MR) is 97.8 cm³/mol. The number of hydrogen-bond donors (Lipinski definition) is 1. The number of hydrogen-bond acceptors (Lipinski definition) is 3. The van der Waals surface area contributed by atoms with Crippen LogP contribution in [-0.2, 0) is 4.79 Å². The van der Waals surface area contributed by atoms with Crippen LogP contribution >= 0.6 is 11.6 Å². The third-order valence-electron chi connectivity index (χ3n) is 3.73. The fourth-order valence-corrected chi connectivity index (χ4v) is 2.25. The van der Waals surface area contributed by atoms with E-state index in [1.807, 2.05) is 42.5 Å². The van der Waals surface area contributed by atoms with Gasteiger partial charge in [0.2, 0.25) is 0 Å². The first kappa shape index (κ1) is 18.0. The number of hydrazone groups is 1. The van der Waals surface area contributed by atoms with E-state index in [4.69, 9.17) is 16.3 Å². The topological polar surface area (TPSA) is 50.7 Å². The van der Waals surface area contributed by atoms with Crippen molar-refractivity contribution in [2.45, 2.75) is 26.2 Å². The van der Waals surface area contributed by atoms with Gasteiger partial charge in [0, 0.05) is 10.6 Å². The van der Waals surface area contributed by atoms with Crippen molar-refractivity contribution in [3.05, 3.63) is 64.7 Å². The number of ether oxygens (including phenoxy) is 1. The van der Waals surface area contributed by atoms with Crippen LogP contribution in [0.1, 0.15) is 37.3 Å². The molecule has 0 aromatic heterocycles. The Morgan fingerprint density at radius 3 is 2.62 bits per heavy atom. The molecule has 2 aromatic carbocycles. The summed E-state index contributed by atoms with van der Waals surface area (Å²) in [5, 5.41) is 4.45. The summed E-state index contributed by atoms with van der Waals surface area (Å²) in [5.74, 6) is 0.845. The molecule has 126 valence electrons. The fraction of sp³-hybridized carbons (Fsp3) is 0.263. The van der Waals surface area contributed by atoms with Gasteiger partial charge in [-0.05, 0) is 36.1 Å². The lowest BCUT2D eigenvalue weighted by molar-refractivity contribution is -0.123. The molecule has 0 aliphatic heterocycles. The number of rotatable bonds is 7. The minimum Gasteiger partial charge on any atom is -0.484 e. The van der Waals surface area contributed by atoms with Crippen molar-refractivity contribution in [3.8, 4) is 5.75 Å². The Kier molecular flexibility index (Phi) is 6.82. The number of nitrogens with one attached hydrogen (secondary N) is 1. The monoisotopic (exact) mass is 344 g/mol. The van der Waals surface area contributed by atoms with Gasteiger partial charge in [-0.15, -0.1) is 0 Å². The Hall–Kier alpha value is -2.33. The lowest BCUT2D eigenvalue weighted by Gasteiger charge is -2.10. The van der Waals surface area contributed by atoms with Gasteiger partial charge in [-0.1, -0.05) is 55.8 Å². The van der Waals surface area contributed by atoms with Gasteiger partial charge in [-0.25, -0.2) is 5.43 Å². The molecular formula is C19H21ClN2O2. The molecule has 0 aliphatic rings. The van der Waals surface area contributed by atoms with E-state index in [0.717, 1.165) is 12.0 Å². The first-order valence-electron chi connectivity index (χ1n) is 7.89. The Balaban J connectivity index is 1.80. The van der Waals surface area contributed by atoms with E-state index in [9.17, 15) is 4.79 Å². The Bertz CT molecular complexity index is 699. The second kappa shape index (κ2) is 9.08. The lowest BCUT2D eigenvalue weighted by Crippen LogP contribution is -2.24. The minimum absolute atomic E-state index is 0.0947. The summed E-state index contributed by atoms with van der Waals surface area (Å²) >= 11 is 6.00. The maximum Gasteiger partial charge on any atom is 0.277 e. The van der Waals surface area contributed by atoms with Crippen LogP contribution < -0.4 is 10.2 Å². The molecule has 1 atom stereocenters. The van der Waals surface area contributed by atoms with Gasteiger partial charge < -0.3 is 4.74 Å². The zero-order valence-corrected chi connectivity index (χ0v) is 14.6. The molecule has 1 N–H and O–H groups in total. The first-order chi connectivity index (χ1) is 11.6. The van der Waals surface area contributed by atoms with Gasteiger partial charge in [0.1, 0.15) is 5.75 Å². The minimum atomic E-state index is -0.329. The van der Waals surface area contributed by atoms with Crippen molar-refractivity contribution in [2.75, 3.05) is 6.61 Å².